The highest BCUT2D eigenvalue weighted by Gasteiger charge is 2.16. The van der Waals surface area contributed by atoms with Gasteiger partial charge in [0.05, 0.1) is 13.1 Å². The lowest BCUT2D eigenvalue weighted by Crippen LogP contribution is -2.46. The summed E-state index contributed by atoms with van der Waals surface area (Å²) in [6.07, 6.45) is 1.77. The summed E-state index contributed by atoms with van der Waals surface area (Å²) in [5, 5.41) is 6.59. The van der Waals surface area contributed by atoms with Gasteiger partial charge in [-0.1, -0.05) is 6.92 Å². The summed E-state index contributed by atoms with van der Waals surface area (Å²) >= 11 is 0. The summed E-state index contributed by atoms with van der Waals surface area (Å²) in [7, 11) is 0. The van der Waals surface area contributed by atoms with Gasteiger partial charge in [0.1, 0.15) is 23.5 Å². The number of hydrogen-bond acceptors (Lipinski definition) is 5. The number of likely N-dealkylation sites (N-methyl/N-ethyl adjacent to an activating group) is 1. The van der Waals surface area contributed by atoms with Crippen molar-refractivity contribution in [2.75, 3.05) is 50.7 Å². The van der Waals surface area contributed by atoms with Crippen molar-refractivity contribution < 1.29 is 9.13 Å². The summed E-state index contributed by atoms with van der Waals surface area (Å²) in [6, 6.07) is 10.2. The number of anilines is 1. The maximum Gasteiger partial charge on any atom is 0.191 e. The smallest absolute Gasteiger partial charge is 0.191 e. The van der Waals surface area contributed by atoms with Crippen LogP contribution in [0.25, 0.3) is 0 Å². The highest BCUT2D eigenvalue weighted by Crippen LogP contribution is 2.16. The molecular weight excluding hydrogens is 534 g/mol. The van der Waals surface area contributed by atoms with E-state index in [-0.39, 0.29) is 35.9 Å². The lowest BCUT2D eigenvalue weighted by molar-refractivity contribution is 0.223. The molecule has 1 fully saturated rings. The quantitative estimate of drug-likeness (QED) is 0.274. The van der Waals surface area contributed by atoms with E-state index in [0.717, 1.165) is 56.6 Å². The van der Waals surface area contributed by atoms with Crippen LogP contribution in [-0.4, -0.2) is 67.8 Å². The summed E-state index contributed by atoms with van der Waals surface area (Å²) in [6.45, 7) is 13.4. The van der Waals surface area contributed by atoms with E-state index in [1.165, 1.54) is 12.1 Å². The number of nitrogens with zero attached hydrogens (tertiary/aromatic N) is 4. The fraction of sp³-hybridized carbons (Fsp3) is 0.500. The SMILES string of the molecule is CCNC(=NCc1ccnc(N2CCN(CC)CC2)c1)NCC(C)Oc1ccc(F)cc1.I. The van der Waals surface area contributed by atoms with Gasteiger partial charge in [0.2, 0.25) is 0 Å². The van der Waals surface area contributed by atoms with Crippen LogP contribution in [0.1, 0.15) is 26.3 Å². The molecule has 3 rings (SSSR count). The van der Waals surface area contributed by atoms with E-state index in [2.05, 4.69) is 38.4 Å². The van der Waals surface area contributed by atoms with Crippen molar-refractivity contribution in [3.05, 3.63) is 54.0 Å². The number of pyridine rings is 1. The van der Waals surface area contributed by atoms with Crippen LogP contribution in [0, 0.1) is 5.82 Å². The highest BCUT2D eigenvalue weighted by atomic mass is 127. The molecule has 0 saturated carbocycles. The van der Waals surface area contributed by atoms with Gasteiger partial charge in [-0.25, -0.2) is 14.4 Å². The lowest BCUT2D eigenvalue weighted by Gasteiger charge is -2.34. The number of rotatable bonds is 9. The van der Waals surface area contributed by atoms with Crippen LogP contribution in [0.15, 0.2) is 47.6 Å². The van der Waals surface area contributed by atoms with Crippen molar-refractivity contribution >= 4 is 35.8 Å². The molecule has 1 unspecified atom stereocenters. The molecule has 1 atom stereocenters. The number of nitrogens with one attached hydrogen (secondary N) is 2. The van der Waals surface area contributed by atoms with Gasteiger partial charge in [0.25, 0.3) is 0 Å². The first-order chi connectivity index (χ1) is 15.6. The van der Waals surface area contributed by atoms with Gasteiger partial charge in [-0.15, -0.1) is 24.0 Å². The molecule has 7 nitrogen and oxygen atoms in total. The number of benzene rings is 1. The third-order valence-electron chi connectivity index (χ3n) is 5.43. The molecule has 1 aromatic carbocycles. The molecule has 1 saturated heterocycles. The average Bonchev–Trinajstić information content (AvgIpc) is 2.82. The van der Waals surface area contributed by atoms with E-state index in [0.29, 0.717) is 18.8 Å². The first-order valence-corrected chi connectivity index (χ1v) is 11.4. The van der Waals surface area contributed by atoms with Gasteiger partial charge in [0, 0.05) is 38.9 Å². The zero-order chi connectivity index (χ0) is 22.8. The average molecular weight is 570 g/mol. The molecule has 9 heteroatoms. The molecule has 33 heavy (non-hydrogen) atoms. The van der Waals surface area contributed by atoms with E-state index in [9.17, 15) is 4.39 Å². The van der Waals surface area contributed by atoms with Crippen LogP contribution < -0.4 is 20.3 Å². The van der Waals surface area contributed by atoms with Crippen molar-refractivity contribution in [2.45, 2.75) is 33.4 Å². The molecule has 2 heterocycles. The Morgan fingerprint density at radius 2 is 1.85 bits per heavy atom. The fourth-order valence-electron chi connectivity index (χ4n) is 3.56. The van der Waals surface area contributed by atoms with Crippen LogP contribution in [0.5, 0.6) is 5.75 Å². The second-order valence-electron chi connectivity index (χ2n) is 7.90. The van der Waals surface area contributed by atoms with E-state index in [4.69, 9.17) is 9.73 Å². The third-order valence-corrected chi connectivity index (χ3v) is 5.43. The van der Waals surface area contributed by atoms with Crippen molar-refractivity contribution in [1.29, 1.82) is 0 Å². The molecule has 0 spiro atoms. The largest absolute Gasteiger partial charge is 0.489 e. The van der Waals surface area contributed by atoms with Gasteiger partial charge in [-0.2, -0.15) is 0 Å². The molecule has 0 bridgehead atoms. The normalized spacial score (nSPS) is 15.5. The first kappa shape index (κ1) is 27.1. The van der Waals surface area contributed by atoms with E-state index in [1.807, 2.05) is 26.1 Å². The Labute approximate surface area is 213 Å². The zero-order valence-corrected chi connectivity index (χ0v) is 22.1. The number of aromatic nitrogens is 1. The molecule has 1 aromatic heterocycles. The minimum atomic E-state index is -0.271. The Hall–Kier alpha value is -2.14. The first-order valence-electron chi connectivity index (χ1n) is 11.4. The molecular formula is C24H36FIN6O. The van der Waals surface area contributed by atoms with Gasteiger partial charge in [0.15, 0.2) is 5.96 Å². The Morgan fingerprint density at radius 1 is 1.12 bits per heavy atom. The van der Waals surface area contributed by atoms with Crippen LogP contribution in [0.2, 0.25) is 0 Å². The maximum absolute atomic E-state index is 13.0. The maximum atomic E-state index is 13.0. The Balaban J connectivity index is 0.00000385. The molecule has 1 aliphatic rings. The lowest BCUT2D eigenvalue weighted by atomic mass is 10.2. The van der Waals surface area contributed by atoms with Gasteiger partial charge in [-0.05, 0) is 62.4 Å². The topological polar surface area (TPSA) is 65.0 Å². The summed E-state index contributed by atoms with van der Waals surface area (Å²) in [5.74, 6) is 2.13. The minimum absolute atomic E-state index is 0. The number of aliphatic imine (C=N–C) groups is 1. The van der Waals surface area contributed by atoms with Gasteiger partial charge >= 0.3 is 0 Å². The molecule has 0 aliphatic carbocycles. The van der Waals surface area contributed by atoms with Gasteiger partial charge < -0.3 is 25.2 Å². The standard InChI is InChI=1S/C24H35FN6O.HI/c1-4-26-24(28-17-19(3)32-22-8-6-21(25)7-9-22)29-18-20-10-11-27-23(16-20)31-14-12-30(5-2)13-15-31;/h6-11,16,19H,4-5,12-15,17-18H2,1-3H3,(H2,26,28,29);1H. The molecule has 2 N–H and O–H groups in total. The zero-order valence-electron chi connectivity index (χ0n) is 19.8. The molecule has 2 aromatic rings. The van der Waals surface area contributed by atoms with Crippen molar-refractivity contribution in [3.8, 4) is 5.75 Å². The number of hydrogen-bond donors (Lipinski definition) is 2. The second-order valence-corrected chi connectivity index (χ2v) is 7.90. The fourth-order valence-corrected chi connectivity index (χ4v) is 3.56. The Kier molecular flexibility index (Phi) is 11.7. The van der Waals surface area contributed by atoms with Crippen molar-refractivity contribution in [2.24, 2.45) is 4.99 Å². The number of guanidine groups is 1. The predicted octanol–water partition coefficient (Wildman–Crippen LogP) is 3.50. The molecule has 0 radical (unpaired) electrons. The monoisotopic (exact) mass is 570 g/mol. The Morgan fingerprint density at radius 3 is 2.52 bits per heavy atom. The number of piperazine rings is 1. The van der Waals surface area contributed by atoms with Crippen LogP contribution in [-0.2, 0) is 6.54 Å². The van der Waals surface area contributed by atoms with Crippen molar-refractivity contribution in [3.63, 3.8) is 0 Å². The summed E-state index contributed by atoms with van der Waals surface area (Å²) < 4.78 is 18.9. The van der Waals surface area contributed by atoms with E-state index < -0.39 is 0 Å². The minimum Gasteiger partial charge on any atom is -0.489 e. The number of halogens is 2. The predicted molar refractivity (Wildman–Crippen MR) is 143 cm³/mol. The molecule has 1 aliphatic heterocycles. The van der Waals surface area contributed by atoms with E-state index in [1.54, 1.807) is 12.1 Å². The van der Waals surface area contributed by atoms with Crippen LogP contribution in [0.3, 0.4) is 0 Å². The number of ether oxygens (including phenoxy) is 1. The molecule has 0 amide bonds. The van der Waals surface area contributed by atoms with E-state index >= 15 is 0 Å². The van der Waals surface area contributed by atoms with Crippen LogP contribution in [0.4, 0.5) is 10.2 Å². The third kappa shape index (κ3) is 8.96. The highest BCUT2D eigenvalue weighted by molar-refractivity contribution is 14.0. The molecule has 182 valence electrons. The van der Waals surface area contributed by atoms with Gasteiger partial charge in [-0.3, -0.25) is 0 Å². The summed E-state index contributed by atoms with van der Waals surface area (Å²) in [5.41, 5.74) is 1.13. The Bertz CT molecular complexity index is 858. The summed E-state index contributed by atoms with van der Waals surface area (Å²) in [4.78, 5) is 14.1. The van der Waals surface area contributed by atoms with Crippen molar-refractivity contribution in [1.82, 2.24) is 20.5 Å². The van der Waals surface area contributed by atoms with Crippen LogP contribution >= 0.6 is 24.0 Å². The second kappa shape index (κ2) is 14.2.